The molecule has 7 unspecified atom stereocenters. The Bertz CT molecular complexity index is 2630. The van der Waals surface area contributed by atoms with Gasteiger partial charge in [-0.3, -0.25) is 37.3 Å². The molecule has 13 N–H and O–H groups in total. The highest BCUT2D eigenvalue weighted by atomic mass is 127. The Labute approximate surface area is 454 Å². The number of aromatic hydroxyl groups is 1. The number of hydrogen-bond acceptors (Lipinski definition) is 21. The van der Waals surface area contributed by atoms with Gasteiger partial charge in [-0.1, -0.05) is 63.9 Å². The first-order valence-electron chi connectivity index (χ1n) is 23.2. The summed E-state index contributed by atoms with van der Waals surface area (Å²) in [6, 6.07) is 2.80. The van der Waals surface area contributed by atoms with E-state index in [1.54, 1.807) is 0 Å². The summed E-state index contributed by atoms with van der Waals surface area (Å²) in [5.74, 6) is -2.21. The topological polar surface area (TPSA) is 482 Å². The van der Waals surface area contributed by atoms with E-state index in [0.717, 1.165) is 75.0 Å². The van der Waals surface area contributed by atoms with E-state index in [1.807, 2.05) is 22.6 Å². The number of phosphoric ester groups is 3. The van der Waals surface area contributed by atoms with Crippen LogP contribution in [0.15, 0.2) is 29.9 Å². The number of phenolic OH excluding ortho intramolecular Hbond substituents is 1. The molecule has 426 valence electrons. The molecule has 3 aromatic rings. The number of imidazole rings is 1. The number of aliphatic carboxylic acids is 1. The molecule has 3 amide bonds. The number of nitrogens with one attached hydrogen (secondary N) is 3. The van der Waals surface area contributed by atoms with Crippen LogP contribution in [0, 0.1) is 8.99 Å². The van der Waals surface area contributed by atoms with Gasteiger partial charge in [0.25, 0.3) is 5.91 Å². The van der Waals surface area contributed by atoms with E-state index in [9.17, 15) is 67.8 Å². The highest BCUT2D eigenvalue weighted by molar-refractivity contribution is 14.1. The summed E-state index contributed by atoms with van der Waals surface area (Å²) in [5, 5.41) is 50.8. The second kappa shape index (κ2) is 31.5. The standard InChI is InChI=1S/C21H36N7O16P3S.C19H27IN4O4/c1-21(2,16(31)19(32)24-4-3-12(29)23-5-6-48)8-41-47(38,39)44-46(36,37)40-7-11-15(43-45(33,34)35)14(30)20(42-11)28-10-27-13-17(22)25-9-26-18(13)28;20-15-12-14(17(25)13-16(15)23-24-21)19(28)22-11-9-7-5-3-1-2-4-6-8-10-18(26)27/h9-11,14-16,20,30-31,48H,3-8H2,1-2H3,(H,23,29)(H,24,32)(H,36,37)(H,38,39)(H2,22,25,26)(H2,33,34,35);12-13,25H,1-11H2,(H,22,28)(H,26,27). The Hall–Kier alpha value is -4.11. The van der Waals surface area contributed by atoms with E-state index in [1.165, 1.54) is 26.0 Å². The number of hydrogen-bond donors (Lipinski definition) is 13. The minimum Gasteiger partial charge on any atom is -0.507 e. The van der Waals surface area contributed by atoms with Gasteiger partial charge < -0.3 is 66.4 Å². The number of benzene rings is 1. The van der Waals surface area contributed by atoms with E-state index in [0.29, 0.717) is 28.1 Å². The molecule has 0 spiro atoms. The van der Waals surface area contributed by atoms with Gasteiger partial charge in [-0.05, 0) is 53.1 Å². The van der Waals surface area contributed by atoms with Gasteiger partial charge in [0.15, 0.2) is 17.7 Å². The normalized spacial score (nSPS) is 18.6. The molecule has 1 aliphatic rings. The fourth-order valence-electron chi connectivity index (χ4n) is 6.93. The number of halogens is 1. The van der Waals surface area contributed by atoms with Crippen molar-refractivity contribution >= 4 is 105 Å². The van der Waals surface area contributed by atoms with E-state index < -0.39 is 84.6 Å². The van der Waals surface area contributed by atoms with E-state index in [-0.39, 0.29) is 59.5 Å². The lowest BCUT2D eigenvalue weighted by Crippen LogP contribution is -2.46. The molecule has 36 heteroatoms. The fourth-order valence-corrected chi connectivity index (χ4v) is 10.4. The van der Waals surface area contributed by atoms with Crippen LogP contribution in [0.4, 0.5) is 11.5 Å². The molecule has 1 fully saturated rings. The number of carbonyl (C=O) groups is 4. The third-order valence-corrected chi connectivity index (χ3v) is 15.0. The summed E-state index contributed by atoms with van der Waals surface area (Å²) in [5.41, 5.74) is 13.2. The van der Waals surface area contributed by atoms with Crippen molar-refractivity contribution in [3.05, 3.63) is 44.4 Å². The number of ether oxygens (including phenoxy) is 1. The van der Waals surface area contributed by atoms with Crippen LogP contribution in [0.5, 0.6) is 5.75 Å². The minimum absolute atomic E-state index is 0.0363. The molecule has 0 radical (unpaired) electrons. The average molecular weight is 1270 g/mol. The third-order valence-electron chi connectivity index (χ3n) is 10.8. The lowest BCUT2D eigenvalue weighted by atomic mass is 9.87. The summed E-state index contributed by atoms with van der Waals surface area (Å²) in [6.45, 7) is 1.27. The number of carbonyl (C=O) groups excluding carboxylic acids is 3. The van der Waals surface area contributed by atoms with Gasteiger partial charge in [0.2, 0.25) is 11.8 Å². The van der Waals surface area contributed by atoms with Crippen molar-refractivity contribution in [2.45, 2.75) is 115 Å². The van der Waals surface area contributed by atoms with Crippen LogP contribution in [0.1, 0.15) is 101 Å². The number of amides is 3. The van der Waals surface area contributed by atoms with E-state index in [4.69, 9.17) is 30.2 Å². The number of aliphatic hydroxyl groups is 2. The zero-order valence-electron chi connectivity index (χ0n) is 41.1. The Morgan fingerprint density at radius 1 is 0.934 bits per heavy atom. The average Bonchev–Trinajstić information content (AvgIpc) is 3.90. The molecule has 76 heavy (non-hydrogen) atoms. The van der Waals surface area contributed by atoms with Gasteiger partial charge in [0.05, 0.1) is 30.8 Å². The molecule has 0 aliphatic carbocycles. The Morgan fingerprint density at radius 2 is 1.57 bits per heavy atom. The van der Waals surface area contributed by atoms with Gasteiger partial charge in [-0.15, -0.1) is 0 Å². The van der Waals surface area contributed by atoms with Crippen LogP contribution < -0.4 is 21.7 Å². The number of phenols is 1. The Morgan fingerprint density at radius 3 is 2.18 bits per heavy atom. The molecular formula is C40H63IN11O20P3S. The number of anilines is 1. The number of nitrogens with two attached hydrogens (primary N) is 1. The van der Waals surface area contributed by atoms with Crippen LogP contribution in [0.3, 0.4) is 0 Å². The number of carboxylic acid groups (broad SMARTS) is 1. The highest BCUT2D eigenvalue weighted by Gasteiger charge is 2.50. The van der Waals surface area contributed by atoms with Crippen molar-refractivity contribution in [2.75, 3.05) is 44.3 Å². The number of unbranched alkanes of at least 4 members (excludes halogenated alkanes) is 8. The summed E-state index contributed by atoms with van der Waals surface area (Å²) in [7, 11) is -16.3. The quantitative estimate of drug-likeness (QED) is 0.00799. The van der Waals surface area contributed by atoms with E-state index >= 15 is 0 Å². The molecule has 0 bridgehead atoms. The molecular weight excluding hydrogens is 1210 g/mol. The van der Waals surface area contributed by atoms with Crippen LogP contribution in [-0.2, 0) is 50.7 Å². The van der Waals surface area contributed by atoms with Crippen molar-refractivity contribution < 1.29 is 95.5 Å². The number of nitrogens with zero attached hydrogens (tertiary/aromatic N) is 7. The molecule has 31 nitrogen and oxygen atoms in total. The number of nitrogen functional groups attached to an aromatic ring is 1. The van der Waals surface area contributed by atoms with Gasteiger partial charge in [0.1, 0.15) is 42.0 Å². The number of rotatable bonds is 32. The molecule has 1 aliphatic heterocycles. The van der Waals surface area contributed by atoms with Crippen molar-refractivity contribution in [3.8, 4) is 5.75 Å². The van der Waals surface area contributed by atoms with Crippen molar-refractivity contribution in [1.82, 2.24) is 35.5 Å². The van der Waals surface area contributed by atoms with Gasteiger partial charge >= 0.3 is 29.4 Å². The van der Waals surface area contributed by atoms with Crippen molar-refractivity contribution in [3.63, 3.8) is 0 Å². The number of phosphoric acid groups is 3. The summed E-state index contributed by atoms with van der Waals surface area (Å²) in [6.07, 6.45) is 2.80. The molecule has 4 rings (SSSR count). The molecule has 7 atom stereocenters. The predicted octanol–water partition coefficient (Wildman–Crippen LogP) is 3.99. The molecule has 2 aromatic heterocycles. The largest absolute Gasteiger partial charge is 0.507 e. The highest BCUT2D eigenvalue weighted by Crippen LogP contribution is 2.61. The monoisotopic (exact) mass is 1270 g/mol. The molecule has 0 saturated carbocycles. The lowest BCUT2D eigenvalue weighted by Gasteiger charge is -2.30. The number of aliphatic hydroxyl groups excluding tert-OH is 2. The number of azide groups is 1. The zero-order valence-corrected chi connectivity index (χ0v) is 46.8. The van der Waals surface area contributed by atoms with Gasteiger partial charge in [-0.25, -0.2) is 28.6 Å². The van der Waals surface area contributed by atoms with Crippen LogP contribution in [0.2, 0.25) is 0 Å². The Kier molecular flexibility index (Phi) is 27.4. The van der Waals surface area contributed by atoms with E-state index in [2.05, 4.69) is 62.4 Å². The number of fused-ring (bicyclic) bond motifs is 1. The van der Waals surface area contributed by atoms with Crippen molar-refractivity contribution in [1.29, 1.82) is 0 Å². The lowest BCUT2D eigenvalue weighted by molar-refractivity contribution is -0.137. The molecule has 1 saturated heterocycles. The van der Waals surface area contributed by atoms with Gasteiger partial charge in [0, 0.05) is 52.1 Å². The fraction of sp³-hybridized carbons (Fsp3) is 0.625. The number of carboxylic acids is 1. The Balaban J connectivity index is 0.000000462. The summed E-state index contributed by atoms with van der Waals surface area (Å²) >= 11 is 5.90. The summed E-state index contributed by atoms with van der Waals surface area (Å²) < 4.78 is 62.3. The van der Waals surface area contributed by atoms with Crippen LogP contribution >= 0.6 is 58.7 Å². The minimum atomic E-state index is -5.54. The zero-order chi connectivity index (χ0) is 56.9. The smallest absolute Gasteiger partial charge is 0.481 e. The predicted molar refractivity (Wildman–Crippen MR) is 279 cm³/mol. The maximum atomic E-state index is 12.6. The van der Waals surface area contributed by atoms with Crippen LogP contribution in [-0.4, -0.2) is 146 Å². The molecule has 1 aromatic carbocycles. The first-order valence-corrected chi connectivity index (χ1v) is 29.4. The maximum Gasteiger partial charge on any atom is 0.481 e. The number of thiol groups is 1. The second-order valence-corrected chi connectivity index (χ2v) is 23.2. The van der Waals surface area contributed by atoms with Crippen LogP contribution in [0.25, 0.3) is 21.6 Å². The van der Waals surface area contributed by atoms with Gasteiger partial charge in [-0.2, -0.15) is 16.9 Å². The first kappa shape index (κ1) is 66.2. The summed E-state index contributed by atoms with van der Waals surface area (Å²) in [4.78, 5) is 99.9. The molecule has 3 heterocycles. The van der Waals surface area contributed by atoms with Crippen molar-refractivity contribution in [2.24, 2.45) is 10.5 Å². The second-order valence-electron chi connectivity index (χ2n) is 17.4. The third kappa shape index (κ3) is 22.7. The maximum absolute atomic E-state index is 12.6. The first-order chi connectivity index (χ1) is 35.6. The SMILES string of the molecule is CC(C)(COP(=O)(O)OP(=O)(O)OCC1OC(n2cnc3c(N)ncnc32)C(O)C1OP(=O)(O)O)C(O)C(=O)NCCC(=O)NCCS.[N-]=[N+]=Nc1cc(O)c(C(=O)NCCCCCCCCCCCC(=O)O)cc1I. The number of aromatic nitrogens is 4.